The molecule has 1 N–H and O–H groups in total. The fraction of sp³-hybridized carbons (Fsp3) is 0.409. The molecule has 0 bridgehead atoms. The predicted octanol–water partition coefficient (Wildman–Crippen LogP) is 3.73. The van der Waals surface area contributed by atoms with E-state index in [0.717, 1.165) is 51.0 Å². The molecule has 4 heteroatoms. The summed E-state index contributed by atoms with van der Waals surface area (Å²) in [5.41, 5.74) is 2.44. The second-order valence-electron chi connectivity index (χ2n) is 7.08. The van der Waals surface area contributed by atoms with Crippen LogP contribution in [0.25, 0.3) is 0 Å². The quantitative estimate of drug-likeness (QED) is 0.600. The number of carbonyl (C=O) groups excluding carboxylic acids is 1. The van der Waals surface area contributed by atoms with Crippen LogP contribution in [0.4, 0.5) is 4.79 Å². The van der Waals surface area contributed by atoms with Gasteiger partial charge in [0, 0.05) is 32.2 Å². The zero-order valence-corrected chi connectivity index (χ0v) is 15.4. The topological polar surface area (TPSA) is 35.6 Å². The molecule has 2 amide bonds. The van der Waals surface area contributed by atoms with Gasteiger partial charge >= 0.3 is 6.03 Å². The monoisotopic (exact) mass is 351 g/mol. The van der Waals surface area contributed by atoms with Gasteiger partial charge in [0.25, 0.3) is 0 Å². The molecule has 0 aliphatic carbocycles. The lowest BCUT2D eigenvalue weighted by molar-refractivity contribution is 0.131. The molecule has 2 saturated heterocycles. The van der Waals surface area contributed by atoms with Crippen molar-refractivity contribution in [2.24, 2.45) is 0 Å². The normalized spacial score (nSPS) is 22.3. The molecule has 0 spiro atoms. The van der Waals surface area contributed by atoms with Crippen LogP contribution in [-0.2, 0) is 6.54 Å². The summed E-state index contributed by atoms with van der Waals surface area (Å²) in [7, 11) is 0. The third kappa shape index (κ3) is 4.44. The third-order valence-electron chi connectivity index (χ3n) is 5.34. The van der Waals surface area contributed by atoms with Crippen molar-refractivity contribution in [2.75, 3.05) is 19.6 Å². The fourth-order valence-electron chi connectivity index (χ4n) is 3.88. The Labute approximate surface area is 156 Å². The van der Waals surface area contributed by atoms with E-state index in [9.17, 15) is 4.79 Å². The van der Waals surface area contributed by atoms with Crippen molar-refractivity contribution in [3.8, 4) is 0 Å². The van der Waals surface area contributed by atoms with Crippen LogP contribution in [0.5, 0.6) is 0 Å². The number of benzene rings is 1. The maximum absolute atomic E-state index is 12.5. The minimum absolute atomic E-state index is 0.0438. The standard InChI is InChI=1S/C22H29N3O/c1-3-5-11-19(4-2)21-17-25(22(26)23-21)20-12-14-24(15-13-20)16-18-9-7-6-8-10-18/h3-4,6-11,20-21H,1-2,5,12-17H2,(H,23,26)/b19-11+. The van der Waals surface area contributed by atoms with E-state index >= 15 is 0 Å². The number of carbonyl (C=O) groups is 1. The number of hydrogen-bond donors (Lipinski definition) is 1. The Morgan fingerprint density at radius 1 is 1.19 bits per heavy atom. The number of nitrogens with one attached hydrogen (secondary N) is 1. The summed E-state index contributed by atoms with van der Waals surface area (Å²) in [6.45, 7) is 11.4. The Balaban J connectivity index is 1.53. The minimum atomic E-state index is 0.0438. The molecule has 26 heavy (non-hydrogen) atoms. The van der Waals surface area contributed by atoms with Gasteiger partial charge in [0.05, 0.1) is 6.04 Å². The van der Waals surface area contributed by atoms with Crippen LogP contribution in [0, 0.1) is 0 Å². The highest BCUT2D eigenvalue weighted by atomic mass is 16.2. The van der Waals surface area contributed by atoms with Crippen molar-refractivity contribution in [2.45, 2.75) is 37.9 Å². The minimum Gasteiger partial charge on any atom is -0.329 e. The van der Waals surface area contributed by atoms with E-state index < -0.39 is 0 Å². The zero-order chi connectivity index (χ0) is 18.4. The lowest BCUT2D eigenvalue weighted by atomic mass is 10.0. The van der Waals surface area contributed by atoms with Crippen molar-refractivity contribution in [3.05, 3.63) is 72.9 Å². The van der Waals surface area contributed by atoms with Gasteiger partial charge in [-0.3, -0.25) is 4.90 Å². The molecule has 3 rings (SSSR count). The Bertz CT molecular complexity index is 659. The molecule has 138 valence electrons. The van der Waals surface area contributed by atoms with Crippen LogP contribution in [0.1, 0.15) is 24.8 Å². The van der Waals surface area contributed by atoms with Gasteiger partial charge in [-0.1, -0.05) is 55.1 Å². The average Bonchev–Trinajstić information content (AvgIpc) is 3.05. The van der Waals surface area contributed by atoms with Crippen LogP contribution in [0.15, 0.2) is 67.3 Å². The first-order valence-electron chi connectivity index (χ1n) is 9.48. The van der Waals surface area contributed by atoms with Crippen molar-refractivity contribution >= 4 is 6.03 Å². The number of hydrogen-bond acceptors (Lipinski definition) is 2. The van der Waals surface area contributed by atoms with E-state index in [2.05, 4.69) is 59.8 Å². The SMILES string of the molecule is C=CC/C=C(\C=C)C1CN(C2CCN(Cc3ccccc3)CC2)C(=O)N1. The van der Waals surface area contributed by atoms with Crippen molar-refractivity contribution in [1.29, 1.82) is 0 Å². The lowest BCUT2D eigenvalue weighted by Gasteiger charge is -2.36. The number of allylic oxidation sites excluding steroid dienone is 2. The van der Waals surface area contributed by atoms with Gasteiger partial charge < -0.3 is 10.2 Å². The molecular weight excluding hydrogens is 322 g/mol. The number of urea groups is 1. The molecule has 0 radical (unpaired) electrons. The molecule has 1 unspecified atom stereocenters. The van der Waals surface area contributed by atoms with Crippen LogP contribution in [0.3, 0.4) is 0 Å². The third-order valence-corrected chi connectivity index (χ3v) is 5.34. The van der Waals surface area contributed by atoms with Crippen LogP contribution in [-0.4, -0.2) is 47.5 Å². The van der Waals surface area contributed by atoms with Crippen LogP contribution < -0.4 is 5.32 Å². The van der Waals surface area contributed by atoms with Gasteiger partial charge in [-0.05, 0) is 30.4 Å². The fourth-order valence-corrected chi connectivity index (χ4v) is 3.88. The van der Waals surface area contributed by atoms with Gasteiger partial charge in [-0.15, -0.1) is 6.58 Å². The van der Waals surface area contributed by atoms with Gasteiger partial charge in [0.15, 0.2) is 0 Å². The Morgan fingerprint density at radius 3 is 2.58 bits per heavy atom. The highest BCUT2D eigenvalue weighted by Crippen LogP contribution is 2.23. The van der Waals surface area contributed by atoms with Crippen molar-refractivity contribution in [1.82, 2.24) is 15.1 Å². The highest BCUT2D eigenvalue weighted by Gasteiger charge is 2.36. The molecule has 2 heterocycles. The molecule has 2 aliphatic rings. The summed E-state index contributed by atoms with van der Waals surface area (Å²) >= 11 is 0. The second kappa shape index (κ2) is 8.86. The van der Waals surface area contributed by atoms with E-state index in [4.69, 9.17) is 0 Å². The van der Waals surface area contributed by atoms with Crippen LogP contribution in [0.2, 0.25) is 0 Å². The predicted molar refractivity (Wildman–Crippen MR) is 107 cm³/mol. The Hall–Kier alpha value is -2.33. The summed E-state index contributed by atoms with van der Waals surface area (Å²) < 4.78 is 0. The first-order valence-corrected chi connectivity index (χ1v) is 9.48. The average molecular weight is 351 g/mol. The first kappa shape index (κ1) is 18.5. The molecule has 0 saturated carbocycles. The second-order valence-corrected chi connectivity index (χ2v) is 7.08. The molecule has 2 aliphatic heterocycles. The van der Waals surface area contributed by atoms with E-state index in [0.29, 0.717) is 6.04 Å². The first-order chi connectivity index (χ1) is 12.7. The van der Waals surface area contributed by atoms with Crippen molar-refractivity contribution in [3.63, 3.8) is 0 Å². The molecule has 1 aromatic carbocycles. The number of likely N-dealkylation sites (tertiary alicyclic amines) is 1. The van der Waals surface area contributed by atoms with Gasteiger partial charge in [0.1, 0.15) is 0 Å². The highest BCUT2D eigenvalue weighted by molar-refractivity contribution is 5.78. The van der Waals surface area contributed by atoms with E-state index in [-0.39, 0.29) is 12.1 Å². The Morgan fingerprint density at radius 2 is 1.92 bits per heavy atom. The number of amides is 2. The summed E-state index contributed by atoms with van der Waals surface area (Å²) in [5, 5.41) is 3.11. The zero-order valence-electron chi connectivity index (χ0n) is 15.4. The van der Waals surface area contributed by atoms with E-state index in [1.54, 1.807) is 0 Å². The molecular formula is C22H29N3O. The van der Waals surface area contributed by atoms with E-state index in [1.165, 1.54) is 5.56 Å². The largest absolute Gasteiger partial charge is 0.329 e. The van der Waals surface area contributed by atoms with Gasteiger partial charge in [-0.25, -0.2) is 4.79 Å². The number of nitrogens with zero attached hydrogens (tertiary/aromatic N) is 2. The lowest BCUT2D eigenvalue weighted by Crippen LogP contribution is -2.45. The van der Waals surface area contributed by atoms with Crippen LogP contribution >= 0.6 is 0 Å². The smallest absolute Gasteiger partial charge is 0.318 e. The summed E-state index contributed by atoms with van der Waals surface area (Å²) in [6, 6.07) is 11.0. The van der Waals surface area contributed by atoms with Gasteiger partial charge in [0.2, 0.25) is 0 Å². The summed E-state index contributed by atoms with van der Waals surface area (Å²) in [5.74, 6) is 0. The molecule has 4 nitrogen and oxygen atoms in total. The molecule has 1 atom stereocenters. The summed E-state index contributed by atoms with van der Waals surface area (Å²) in [6.07, 6.45) is 8.67. The molecule has 1 aromatic rings. The summed E-state index contributed by atoms with van der Waals surface area (Å²) in [4.78, 5) is 17.0. The number of piperidine rings is 1. The molecule has 0 aromatic heterocycles. The number of rotatable bonds is 7. The maximum Gasteiger partial charge on any atom is 0.318 e. The van der Waals surface area contributed by atoms with Crippen molar-refractivity contribution < 1.29 is 4.79 Å². The van der Waals surface area contributed by atoms with Gasteiger partial charge in [-0.2, -0.15) is 0 Å². The molecule has 2 fully saturated rings. The maximum atomic E-state index is 12.5. The Kier molecular flexibility index (Phi) is 6.29. The van der Waals surface area contributed by atoms with E-state index in [1.807, 2.05) is 17.1 Å².